The average molecular weight is 286 g/mol. The van der Waals surface area contributed by atoms with Gasteiger partial charge in [0.15, 0.2) is 5.69 Å². The molecule has 6 nitrogen and oxygen atoms in total. The van der Waals surface area contributed by atoms with E-state index in [0.29, 0.717) is 12.4 Å². The Balaban J connectivity index is 2.88. The summed E-state index contributed by atoms with van der Waals surface area (Å²) in [4.78, 5) is 28.1. The quantitative estimate of drug-likeness (QED) is 0.851. The third-order valence-corrected chi connectivity index (χ3v) is 2.97. The van der Waals surface area contributed by atoms with E-state index in [4.69, 9.17) is 16.7 Å². The molecule has 104 valence electrons. The smallest absolute Gasteiger partial charge is 0.356 e. The molecule has 1 aromatic rings. The second kappa shape index (κ2) is 6.38. The van der Waals surface area contributed by atoms with E-state index < -0.39 is 5.97 Å². The topological polar surface area (TPSA) is 82.5 Å². The van der Waals surface area contributed by atoms with Crippen LogP contribution in [0.2, 0.25) is 5.02 Å². The van der Waals surface area contributed by atoms with E-state index in [2.05, 4.69) is 10.3 Å². The standard InChI is InChI=1S/C12H16ClN3O3/c1-7(11(17)14-2)6-16(3)9-5-4-8(13)10(15-9)12(18)19/h4-5,7H,6H2,1-3H3,(H,14,17)(H,18,19). The van der Waals surface area contributed by atoms with Crippen LogP contribution in [0.4, 0.5) is 5.82 Å². The zero-order valence-corrected chi connectivity index (χ0v) is 11.7. The second-order valence-electron chi connectivity index (χ2n) is 4.20. The number of carbonyl (C=O) groups excluding carboxylic acids is 1. The van der Waals surface area contributed by atoms with Crippen molar-refractivity contribution in [2.45, 2.75) is 6.92 Å². The van der Waals surface area contributed by atoms with Crippen LogP contribution in [-0.4, -0.2) is 42.6 Å². The Hall–Kier alpha value is -1.82. The molecule has 7 heteroatoms. The minimum absolute atomic E-state index is 0.0840. The number of rotatable bonds is 5. The molecular formula is C12H16ClN3O3. The number of anilines is 1. The fourth-order valence-electron chi connectivity index (χ4n) is 1.63. The van der Waals surface area contributed by atoms with Crippen LogP contribution < -0.4 is 10.2 Å². The summed E-state index contributed by atoms with van der Waals surface area (Å²) < 4.78 is 0. The van der Waals surface area contributed by atoms with Gasteiger partial charge in [0.25, 0.3) is 0 Å². The molecule has 0 aromatic carbocycles. The molecule has 0 radical (unpaired) electrons. The molecule has 0 aliphatic carbocycles. The Labute approximate surface area is 116 Å². The lowest BCUT2D eigenvalue weighted by atomic mass is 10.1. The van der Waals surface area contributed by atoms with Gasteiger partial charge in [-0.15, -0.1) is 0 Å². The second-order valence-corrected chi connectivity index (χ2v) is 4.61. The van der Waals surface area contributed by atoms with Crippen LogP contribution in [0, 0.1) is 5.92 Å². The monoisotopic (exact) mass is 285 g/mol. The number of hydrogen-bond donors (Lipinski definition) is 2. The number of nitrogens with zero attached hydrogens (tertiary/aromatic N) is 2. The van der Waals surface area contributed by atoms with E-state index in [9.17, 15) is 9.59 Å². The van der Waals surface area contributed by atoms with Gasteiger partial charge in [-0.3, -0.25) is 4.79 Å². The minimum atomic E-state index is -1.18. The van der Waals surface area contributed by atoms with Crippen molar-refractivity contribution in [3.8, 4) is 0 Å². The van der Waals surface area contributed by atoms with Gasteiger partial charge in [-0.1, -0.05) is 18.5 Å². The molecule has 1 atom stereocenters. The zero-order chi connectivity index (χ0) is 14.6. The number of carbonyl (C=O) groups is 2. The van der Waals surface area contributed by atoms with Crippen LogP contribution in [0.25, 0.3) is 0 Å². The molecule has 0 aliphatic heterocycles. The first-order valence-electron chi connectivity index (χ1n) is 5.69. The predicted octanol–water partition coefficient (Wildman–Crippen LogP) is 1.25. The molecule has 1 amide bonds. The van der Waals surface area contributed by atoms with Crippen molar-refractivity contribution < 1.29 is 14.7 Å². The Morgan fingerprint density at radius 1 is 1.53 bits per heavy atom. The number of amides is 1. The Bertz CT molecular complexity index is 493. The maximum Gasteiger partial charge on any atom is 0.356 e. The first kappa shape index (κ1) is 15.2. The van der Waals surface area contributed by atoms with Gasteiger partial charge in [0.2, 0.25) is 5.91 Å². The molecule has 1 unspecified atom stereocenters. The Morgan fingerprint density at radius 2 is 2.16 bits per heavy atom. The van der Waals surface area contributed by atoms with Gasteiger partial charge >= 0.3 is 5.97 Å². The molecule has 0 fully saturated rings. The highest BCUT2D eigenvalue weighted by Crippen LogP contribution is 2.19. The lowest BCUT2D eigenvalue weighted by molar-refractivity contribution is -0.123. The van der Waals surface area contributed by atoms with Crippen LogP contribution in [0.3, 0.4) is 0 Å². The molecule has 19 heavy (non-hydrogen) atoms. The number of carboxylic acids is 1. The molecule has 0 aliphatic rings. The van der Waals surface area contributed by atoms with Gasteiger partial charge in [-0.2, -0.15) is 0 Å². The van der Waals surface area contributed by atoms with E-state index in [1.165, 1.54) is 6.07 Å². The van der Waals surface area contributed by atoms with E-state index in [0.717, 1.165) is 0 Å². The van der Waals surface area contributed by atoms with E-state index >= 15 is 0 Å². The summed E-state index contributed by atoms with van der Waals surface area (Å²) in [7, 11) is 3.31. The van der Waals surface area contributed by atoms with Gasteiger partial charge in [-0.05, 0) is 12.1 Å². The first-order valence-corrected chi connectivity index (χ1v) is 6.07. The van der Waals surface area contributed by atoms with Crippen molar-refractivity contribution in [1.82, 2.24) is 10.3 Å². The summed E-state index contributed by atoms with van der Waals surface area (Å²) >= 11 is 5.75. The third kappa shape index (κ3) is 3.82. The summed E-state index contributed by atoms with van der Waals surface area (Å²) in [6.07, 6.45) is 0. The molecule has 1 heterocycles. The third-order valence-electron chi connectivity index (χ3n) is 2.67. The van der Waals surface area contributed by atoms with Gasteiger partial charge in [0.1, 0.15) is 5.82 Å². The van der Waals surface area contributed by atoms with Gasteiger partial charge < -0.3 is 15.3 Å². The number of aromatic carboxylic acids is 1. The van der Waals surface area contributed by atoms with Crippen molar-refractivity contribution in [1.29, 1.82) is 0 Å². The molecule has 1 rings (SSSR count). The number of pyridine rings is 1. The van der Waals surface area contributed by atoms with Crippen LogP contribution in [0.1, 0.15) is 17.4 Å². The van der Waals surface area contributed by atoms with Crippen LogP contribution >= 0.6 is 11.6 Å². The minimum Gasteiger partial charge on any atom is -0.476 e. The maximum absolute atomic E-state index is 11.4. The number of carboxylic acid groups (broad SMARTS) is 1. The van der Waals surface area contributed by atoms with Gasteiger partial charge in [0.05, 0.1) is 10.9 Å². The predicted molar refractivity (Wildman–Crippen MR) is 72.7 cm³/mol. The van der Waals surface area contributed by atoms with Crippen molar-refractivity contribution in [3.05, 3.63) is 22.8 Å². The summed E-state index contributed by atoms with van der Waals surface area (Å²) in [5.41, 5.74) is -0.196. The highest BCUT2D eigenvalue weighted by atomic mass is 35.5. The zero-order valence-electron chi connectivity index (χ0n) is 11.0. The summed E-state index contributed by atoms with van der Waals surface area (Å²) in [6.45, 7) is 2.21. The summed E-state index contributed by atoms with van der Waals surface area (Å²) in [5.74, 6) is -1.04. The van der Waals surface area contributed by atoms with E-state index in [-0.39, 0.29) is 22.5 Å². The maximum atomic E-state index is 11.4. The highest BCUT2D eigenvalue weighted by molar-refractivity contribution is 6.33. The van der Waals surface area contributed by atoms with Crippen molar-refractivity contribution >= 4 is 29.3 Å². The lowest BCUT2D eigenvalue weighted by Gasteiger charge is -2.22. The Morgan fingerprint density at radius 3 is 2.68 bits per heavy atom. The fraction of sp³-hybridized carbons (Fsp3) is 0.417. The summed E-state index contributed by atoms with van der Waals surface area (Å²) in [5, 5.41) is 11.6. The Kier molecular flexibility index (Phi) is 5.11. The van der Waals surface area contributed by atoms with Crippen molar-refractivity contribution in [2.24, 2.45) is 5.92 Å². The van der Waals surface area contributed by atoms with Gasteiger partial charge in [0, 0.05) is 20.6 Å². The SMILES string of the molecule is CNC(=O)C(C)CN(C)c1ccc(Cl)c(C(=O)O)n1. The first-order chi connectivity index (χ1) is 8.86. The molecular weight excluding hydrogens is 270 g/mol. The van der Waals surface area contributed by atoms with E-state index in [1.807, 2.05) is 0 Å². The molecule has 0 saturated carbocycles. The average Bonchev–Trinajstić information content (AvgIpc) is 2.37. The molecule has 0 bridgehead atoms. The van der Waals surface area contributed by atoms with Crippen LogP contribution in [0.15, 0.2) is 12.1 Å². The van der Waals surface area contributed by atoms with Crippen LogP contribution in [0.5, 0.6) is 0 Å². The molecule has 2 N–H and O–H groups in total. The van der Waals surface area contributed by atoms with Crippen LogP contribution in [-0.2, 0) is 4.79 Å². The normalized spacial score (nSPS) is 11.8. The number of hydrogen-bond acceptors (Lipinski definition) is 4. The highest BCUT2D eigenvalue weighted by Gasteiger charge is 2.17. The van der Waals surface area contributed by atoms with Gasteiger partial charge in [-0.25, -0.2) is 9.78 Å². The lowest BCUT2D eigenvalue weighted by Crippen LogP contribution is -2.34. The molecule has 0 spiro atoms. The van der Waals surface area contributed by atoms with E-state index in [1.54, 1.807) is 32.0 Å². The fourth-order valence-corrected chi connectivity index (χ4v) is 1.81. The van der Waals surface area contributed by atoms with Crippen molar-refractivity contribution in [2.75, 3.05) is 25.5 Å². The number of aromatic nitrogens is 1. The molecule has 1 aromatic heterocycles. The number of nitrogens with one attached hydrogen (secondary N) is 1. The largest absolute Gasteiger partial charge is 0.476 e. The van der Waals surface area contributed by atoms with Crippen molar-refractivity contribution in [3.63, 3.8) is 0 Å². The summed E-state index contributed by atoms with van der Waals surface area (Å²) in [6, 6.07) is 3.10. The number of halogens is 1. The molecule has 0 saturated heterocycles.